The van der Waals surface area contributed by atoms with Crippen molar-refractivity contribution in [1.82, 2.24) is 0 Å². The van der Waals surface area contributed by atoms with Crippen molar-refractivity contribution in [1.29, 1.82) is 0 Å². The first-order valence-corrected chi connectivity index (χ1v) is 10.0. The minimum atomic E-state index is 0.987. The zero-order valence-electron chi connectivity index (χ0n) is 17.0. The molecule has 0 unspecified atom stereocenters. The smallest absolute Gasteiger partial charge is 0.0172 e. The van der Waals surface area contributed by atoms with Crippen molar-refractivity contribution in [2.75, 3.05) is 0 Å². The summed E-state index contributed by atoms with van der Waals surface area (Å²) in [7, 11) is 0. The Kier molecular flexibility index (Phi) is 5.59. The fourth-order valence-electron chi connectivity index (χ4n) is 3.57. The highest BCUT2D eigenvalue weighted by Gasteiger charge is 2.12. The Morgan fingerprint density at radius 3 is 0.800 bits per heavy atom. The molecule has 0 saturated carbocycles. The molecule has 4 rings (SSSR count). The lowest BCUT2D eigenvalue weighted by Crippen LogP contribution is -1.95. The summed E-state index contributed by atoms with van der Waals surface area (Å²) in [6.07, 6.45) is 0. The second-order valence-electron chi connectivity index (χ2n) is 7.33. The van der Waals surface area contributed by atoms with Gasteiger partial charge in [-0.2, -0.15) is 0 Å². The maximum absolute atomic E-state index is 4.38. The normalized spacial score (nSPS) is 10.4. The van der Waals surface area contributed by atoms with Crippen molar-refractivity contribution in [2.24, 2.45) is 0 Å². The van der Waals surface area contributed by atoms with Crippen LogP contribution in [0.2, 0.25) is 0 Å². The molecule has 0 saturated heterocycles. The Bertz CT molecular complexity index is 1030. The average Bonchev–Trinajstić information content (AvgIpc) is 2.84. The van der Waals surface area contributed by atoms with Gasteiger partial charge in [-0.1, -0.05) is 111 Å². The second kappa shape index (κ2) is 8.63. The number of benzene rings is 4. The molecule has 0 heterocycles. The van der Waals surface area contributed by atoms with Crippen molar-refractivity contribution in [3.8, 4) is 0 Å². The van der Waals surface area contributed by atoms with Gasteiger partial charge in [0.15, 0.2) is 0 Å². The molecule has 0 N–H and O–H groups in total. The van der Waals surface area contributed by atoms with E-state index in [0.717, 1.165) is 50.1 Å². The van der Waals surface area contributed by atoms with Gasteiger partial charge >= 0.3 is 0 Å². The van der Waals surface area contributed by atoms with Crippen LogP contribution in [0.5, 0.6) is 0 Å². The van der Waals surface area contributed by atoms with Crippen LogP contribution in [0.25, 0.3) is 16.7 Å². The Labute approximate surface area is 179 Å². The zero-order chi connectivity index (χ0) is 20.9. The van der Waals surface area contributed by atoms with Gasteiger partial charge < -0.3 is 0 Å². The van der Waals surface area contributed by atoms with Crippen LogP contribution in [-0.4, -0.2) is 0 Å². The first-order chi connectivity index (χ1) is 14.6. The third-order valence-electron chi connectivity index (χ3n) is 5.35. The van der Waals surface area contributed by atoms with E-state index in [4.69, 9.17) is 0 Å². The van der Waals surface area contributed by atoms with E-state index < -0.39 is 0 Å². The molecule has 0 spiro atoms. The predicted octanol–water partition coefficient (Wildman–Crippen LogP) is 7.87. The topological polar surface area (TPSA) is 0 Å². The van der Waals surface area contributed by atoms with Crippen molar-refractivity contribution in [2.45, 2.75) is 0 Å². The molecule has 144 valence electrons. The third kappa shape index (κ3) is 4.09. The molecule has 0 aliphatic rings. The van der Waals surface area contributed by atoms with E-state index in [1.807, 2.05) is 54.6 Å². The third-order valence-corrected chi connectivity index (χ3v) is 5.35. The molecular formula is C30H24. The quantitative estimate of drug-likeness (QED) is 0.317. The molecular weight excluding hydrogens is 360 g/mol. The minimum Gasteiger partial charge on any atom is -0.0906 e. The number of hydrogen-bond acceptors (Lipinski definition) is 0. The molecule has 0 atom stereocenters. The Hall–Kier alpha value is -3.90. The predicted molar refractivity (Wildman–Crippen MR) is 130 cm³/mol. The molecule has 0 amide bonds. The average molecular weight is 385 g/mol. The molecule has 0 heteroatoms. The van der Waals surface area contributed by atoms with Gasteiger partial charge in [-0.05, 0) is 68.3 Å². The van der Waals surface area contributed by atoms with Gasteiger partial charge in [0.05, 0.1) is 0 Å². The van der Waals surface area contributed by atoms with Crippen molar-refractivity contribution in [3.63, 3.8) is 0 Å². The summed E-state index contributed by atoms with van der Waals surface area (Å²) in [5, 5.41) is 0. The lowest BCUT2D eigenvalue weighted by Gasteiger charge is -2.15. The van der Waals surface area contributed by atoms with Gasteiger partial charge in [0.25, 0.3) is 0 Å². The number of rotatable bonds is 6. The Morgan fingerprint density at radius 1 is 0.333 bits per heavy atom. The molecule has 30 heavy (non-hydrogen) atoms. The van der Waals surface area contributed by atoms with Crippen LogP contribution in [0.3, 0.4) is 0 Å². The maximum atomic E-state index is 4.38. The maximum Gasteiger partial charge on any atom is -0.0172 e. The van der Waals surface area contributed by atoms with Crippen LogP contribution in [0, 0.1) is 0 Å². The summed E-state index contributed by atoms with van der Waals surface area (Å²) in [5.41, 5.74) is 9.50. The van der Waals surface area contributed by atoms with Gasteiger partial charge in [0, 0.05) is 0 Å². The van der Waals surface area contributed by atoms with E-state index in [-0.39, 0.29) is 0 Å². The van der Waals surface area contributed by atoms with Crippen molar-refractivity contribution in [3.05, 3.63) is 162 Å². The molecule has 0 aromatic heterocycles. The summed E-state index contributed by atoms with van der Waals surface area (Å²) in [6.45, 7) is 13.1. The molecule has 0 nitrogen and oxygen atoms in total. The highest BCUT2D eigenvalue weighted by Crippen LogP contribution is 2.32. The Morgan fingerprint density at radius 2 is 0.567 bits per heavy atom. The molecule has 0 fully saturated rings. The van der Waals surface area contributed by atoms with E-state index in [9.17, 15) is 0 Å². The van der Waals surface area contributed by atoms with E-state index in [2.05, 4.69) is 74.3 Å². The summed E-state index contributed by atoms with van der Waals surface area (Å²) < 4.78 is 0. The molecule has 0 aliphatic heterocycles. The number of hydrogen-bond donors (Lipinski definition) is 0. The van der Waals surface area contributed by atoms with Crippen LogP contribution in [0.4, 0.5) is 0 Å². The van der Waals surface area contributed by atoms with Crippen LogP contribution in [0.15, 0.2) is 129 Å². The summed E-state index contributed by atoms with van der Waals surface area (Å²) >= 11 is 0. The first-order valence-electron chi connectivity index (χ1n) is 10.0. The fraction of sp³-hybridized carbons (Fsp3) is 0. The van der Waals surface area contributed by atoms with Crippen LogP contribution < -0.4 is 0 Å². The highest BCUT2D eigenvalue weighted by atomic mass is 14.2. The summed E-state index contributed by atoms with van der Waals surface area (Å²) in [4.78, 5) is 0. The molecule has 4 aromatic rings. The zero-order valence-corrected chi connectivity index (χ0v) is 17.0. The van der Waals surface area contributed by atoms with Gasteiger partial charge in [0.1, 0.15) is 0 Å². The van der Waals surface area contributed by atoms with Gasteiger partial charge in [-0.3, -0.25) is 0 Å². The Balaban J connectivity index is 1.83. The van der Waals surface area contributed by atoms with E-state index in [0.29, 0.717) is 0 Å². The molecule has 0 radical (unpaired) electrons. The van der Waals surface area contributed by atoms with Gasteiger partial charge in [0.2, 0.25) is 0 Å². The first kappa shape index (κ1) is 19.4. The van der Waals surface area contributed by atoms with E-state index >= 15 is 0 Å². The van der Waals surface area contributed by atoms with Gasteiger partial charge in [-0.15, -0.1) is 0 Å². The lowest BCUT2D eigenvalue weighted by atomic mass is 9.88. The second-order valence-corrected chi connectivity index (χ2v) is 7.33. The van der Waals surface area contributed by atoms with Crippen LogP contribution >= 0.6 is 0 Å². The monoisotopic (exact) mass is 384 g/mol. The van der Waals surface area contributed by atoms with Crippen LogP contribution in [-0.2, 0) is 0 Å². The van der Waals surface area contributed by atoms with Crippen LogP contribution in [0.1, 0.15) is 33.4 Å². The minimum absolute atomic E-state index is 0.987. The van der Waals surface area contributed by atoms with E-state index in [1.54, 1.807) is 0 Å². The molecule has 4 aromatic carbocycles. The van der Waals surface area contributed by atoms with Crippen molar-refractivity contribution < 1.29 is 0 Å². The summed E-state index contributed by atoms with van der Waals surface area (Å²) in [6, 6.07) is 37.4. The SMILES string of the molecule is C=C(c1ccccc1)c1cc(C(=C)c2ccccc2)cc(C(=C)c2ccccc2)c1. The fourth-order valence-corrected chi connectivity index (χ4v) is 3.57. The lowest BCUT2D eigenvalue weighted by molar-refractivity contribution is 1.47. The molecule has 0 bridgehead atoms. The largest absolute Gasteiger partial charge is 0.0906 e. The standard InChI is InChI=1S/C30H24/c1-22(25-13-7-4-8-14-25)28-19-29(23(2)26-15-9-5-10-16-26)21-30(20-28)24(3)27-17-11-6-12-18-27/h4-21H,1-3H2. The van der Waals surface area contributed by atoms with E-state index in [1.165, 1.54) is 0 Å². The van der Waals surface area contributed by atoms with Crippen molar-refractivity contribution >= 4 is 16.7 Å². The highest BCUT2D eigenvalue weighted by molar-refractivity contribution is 5.88. The molecule has 0 aliphatic carbocycles. The van der Waals surface area contributed by atoms with Gasteiger partial charge in [-0.25, -0.2) is 0 Å². The summed E-state index contributed by atoms with van der Waals surface area (Å²) in [5.74, 6) is 0.